The zero-order chi connectivity index (χ0) is 25.6. The van der Waals surface area contributed by atoms with E-state index in [1.807, 2.05) is 6.07 Å². The third-order valence-corrected chi connectivity index (χ3v) is 6.86. The van der Waals surface area contributed by atoms with Crippen LogP contribution in [0.25, 0.3) is 0 Å². The van der Waals surface area contributed by atoms with Gasteiger partial charge in [-0.05, 0) is 70.9 Å². The predicted molar refractivity (Wildman–Crippen MR) is 130 cm³/mol. The maximum atomic E-state index is 13.8. The van der Waals surface area contributed by atoms with Crippen LogP contribution in [0.4, 0.5) is 4.79 Å². The molecule has 9 nitrogen and oxygen atoms in total. The van der Waals surface area contributed by atoms with E-state index in [1.54, 1.807) is 50.9 Å². The number of pyridine rings is 1. The minimum atomic E-state index is -0.943. The lowest BCUT2D eigenvalue weighted by Crippen LogP contribution is -2.64. The number of nitrogens with zero attached hydrogens (tertiary/aromatic N) is 3. The van der Waals surface area contributed by atoms with Crippen LogP contribution in [0.1, 0.15) is 83.9 Å². The first kappa shape index (κ1) is 26.5. The smallest absolute Gasteiger partial charge is 0.408 e. The van der Waals surface area contributed by atoms with Crippen molar-refractivity contribution in [1.29, 1.82) is 5.26 Å². The van der Waals surface area contributed by atoms with Gasteiger partial charge < -0.3 is 20.3 Å². The van der Waals surface area contributed by atoms with Crippen LogP contribution in [-0.4, -0.2) is 51.5 Å². The number of ether oxygens (including phenoxy) is 1. The average Bonchev–Trinajstić information content (AvgIpc) is 3.27. The second-order valence-corrected chi connectivity index (χ2v) is 10.6. The summed E-state index contributed by atoms with van der Waals surface area (Å²) in [4.78, 5) is 45.5. The summed E-state index contributed by atoms with van der Waals surface area (Å²) in [5, 5.41) is 14.6. The fourth-order valence-electron chi connectivity index (χ4n) is 5.28. The molecular formula is C26H37N5O4. The number of nitrogens with one attached hydrogen (secondary N) is 2. The van der Waals surface area contributed by atoms with Crippen molar-refractivity contribution in [2.45, 2.75) is 96.4 Å². The van der Waals surface area contributed by atoms with Gasteiger partial charge in [-0.1, -0.05) is 25.3 Å². The van der Waals surface area contributed by atoms with Crippen molar-refractivity contribution in [2.24, 2.45) is 5.92 Å². The molecule has 3 amide bonds. The lowest BCUT2D eigenvalue weighted by molar-refractivity contribution is -0.150. The minimum Gasteiger partial charge on any atom is -0.444 e. The van der Waals surface area contributed by atoms with Gasteiger partial charge in [0.05, 0.1) is 0 Å². The van der Waals surface area contributed by atoms with Gasteiger partial charge in [0, 0.05) is 19.3 Å². The van der Waals surface area contributed by atoms with Crippen LogP contribution in [0.15, 0.2) is 18.3 Å². The summed E-state index contributed by atoms with van der Waals surface area (Å²) in [5.41, 5.74) is -0.515. The molecule has 0 bridgehead atoms. The van der Waals surface area contributed by atoms with Crippen LogP contribution < -0.4 is 10.6 Å². The Kier molecular flexibility index (Phi) is 8.36. The highest BCUT2D eigenvalue weighted by molar-refractivity contribution is 5.95. The zero-order valence-corrected chi connectivity index (χ0v) is 21.2. The van der Waals surface area contributed by atoms with Crippen molar-refractivity contribution in [1.82, 2.24) is 20.5 Å². The van der Waals surface area contributed by atoms with Crippen molar-refractivity contribution in [3.05, 3.63) is 29.6 Å². The van der Waals surface area contributed by atoms with Crippen molar-refractivity contribution < 1.29 is 19.1 Å². The molecule has 0 spiro atoms. The number of carbonyl (C=O) groups is 3. The summed E-state index contributed by atoms with van der Waals surface area (Å²) in [7, 11) is 0. The van der Waals surface area contributed by atoms with Gasteiger partial charge in [-0.15, -0.1) is 0 Å². The lowest BCUT2D eigenvalue weighted by Gasteiger charge is -2.45. The average molecular weight is 484 g/mol. The van der Waals surface area contributed by atoms with Crippen molar-refractivity contribution in [3.8, 4) is 6.07 Å². The molecule has 1 aliphatic carbocycles. The maximum Gasteiger partial charge on any atom is 0.408 e. The van der Waals surface area contributed by atoms with Gasteiger partial charge in [0.15, 0.2) is 0 Å². The highest BCUT2D eigenvalue weighted by Crippen LogP contribution is 2.43. The number of likely N-dealkylation sites (tertiary alicyclic amines) is 1. The van der Waals surface area contributed by atoms with Gasteiger partial charge in [-0.3, -0.25) is 9.59 Å². The van der Waals surface area contributed by atoms with Crippen LogP contribution in [-0.2, 0) is 20.9 Å². The van der Waals surface area contributed by atoms with E-state index in [9.17, 15) is 14.4 Å². The van der Waals surface area contributed by atoms with Gasteiger partial charge in [0.2, 0.25) is 11.8 Å². The molecule has 1 aliphatic heterocycles. The fraction of sp³-hybridized carbons (Fsp3) is 0.654. The van der Waals surface area contributed by atoms with Crippen molar-refractivity contribution in [2.75, 3.05) is 6.54 Å². The van der Waals surface area contributed by atoms with Crippen LogP contribution in [0.5, 0.6) is 0 Å². The number of nitriles is 1. The molecule has 190 valence electrons. The highest BCUT2D eigenvalue weighted by Gasteiger charge is 2.55. The zero-order valence-electron chi connectivity index (χ0n) is 21.2. The first-order chi connectivity index (χ1) is 16.6. The molecule has 0 radical (unpaired) electrons. The van der Waals surface area contributed by atoms with Gasteiger partial charge in [-0.25, -0.2) is 9.78 Å². The Morgan fingerprint density at radius 3 is 2.54 bits per heavy atom. The molecule has 1 saturated carbocycles. The van der Waals surface area contributed by atoms with E-state index in [-0.39, 0.29) is 24.3 Å². The number of hydrogen-bond donors (Lipinski definition) is 2. The molecule has 3 rings (SSSR count). The summed E-state index contributed by atoms with van der Waals surface area (Å²) in [6.07, 6.45) is 7.24. The summed E-state index contributed by atoms with van der Waals surface area (Å²) < 4.78 is 5.31. The largest absolute Gasteiger partial charge is 0.444 e. The van der Waals surface area contributed by atoms with Gasteiger partial charge in [0.1, 0.15) is 28.9 Å². The van der Waals surface area contributed by atoms with Crippen molar-refractivity contribution in [3.63, 3.8) is 0 Å². The van der Waals surface area contributed by atoms with Crippen LogP contribution >= 0.6 is 0 Å². The summed E-state index contributed by atoms with van der Waals surface area (Å²) in [6, 6.07) is 4.55. The van der Waals surface area contributed by atoms with E-state index in [4.69, 9.17) is 10.00 Å². The number of hydrogen-bond acceptors (Lipinski definition) is 6. The molecule has 2 aliphatic rings. The first-order valence-corrected chi connectivity index (χ1v) is 12.5. The van der Waals surface area contributed by atoms with E-state index in [1.165, 1.54) is 0 Å². The molecule has 2 heterocycles. The van der Waals surface area contributed by atoms with Crippen LogP contribution in [0.3, 0.4) is 0 Å². The molecule has 2 atom stereocenters. The molecule has 0 unspecified atom stereocenters. The second kappa shape index (κ2) is 11.1. The Morgan fingerprint density at radius 2 is 1.94 bits per heavy atom. The number of amides is 3. The van der Waals surface area contributed by atoms with E-state index >= 15 is 0 Å². The number of aromatic nitrogens is 1. The lowest BCUT2D eigenvalue weighted by atomic mass is 9.72. The Bertz CT molecular complexity index is 959. The summed E-state index contributed by atoms with van der Waals surface area (Å²) in [5.74, 6) is -0.367. The van der Waals surface area contributed by atoms with Gasteiger partial charge >= 0.3 is 6.09 Å². The Morgan fingerprint density at radius 1 is 1.23 bits per heavy atom. The highest BCUT2D eigenvalue weighted by atomic mass is 16.6. The molecular weight excluding hydrogens is 446 g/mol. The SMILES string of the molecule is C[C@H](NC(=O)OC(C)(C)C)C(=O)N1CCC[C@]1(C(=O)NCc1ccc(C#N)nc1)C1CCCCC1. The third kappa shape index (κ3) is 6.30. The molecule has 9 heteroatoms. The number of carbonyl (C=O) groups excluding carboxylic acids is 3. The van der Waals surface area contributed by atoms with Gasteiger partial charge in [0.25, 0.3) is 0 Å². The van der Waals surface area contributed by atoms with Crippen molar-refractivity contribution >= 4 is 17.9 Å². The summed E-state index contributed by atoms with van der Waals surface area (Å²) >= 11 is 0. The quantitative estimate of drug-likeness (QED) is 0.639. The number of alkyl carbamates (subject to hydrolysis) is 1. The van der Waals surface area contributed by atoms with E-state index in [2.05, 4.69) is 15.6 Å². The molecule has 2 N–H and O–H groups in total. The maximum absolute atomic E-state index is 13.8. The van der Waals surface area contributed by atoms with Crippen LogP contribution in [0.2, 0.25) is 0 Å². The molecule has 35 heavy (non-hydrogen) atoms. The van der Waals surface area contributed by atoms with Crippen LogP contribution in [0, 0.1) is 17.2 Å². The Labute approximate surface area is 207 Å². The molecule has 1 aromatic rings. The topological polar surface area (TPSA) is 124 Å². The first-order valence-electron chi connectivity index (χ1n) is 12.5. The normalized spacial score (nSPS) is 21.6. The monoisotopic (exact) mass is 483 g/mol. The Hall–Kier alpha value is -3.15. The van der Waals surface area contributed by atoms with E-state index < -0.39 is 23.3 Å². The van der Waals surface area contributed by atoms with E-state index in [0.29, 0.717) is 18.7 Å². The molecule has 1 aromatic heterocycles. The molecule has 0 aromatic carbocycles. The summed E-state index contributed by atoms with van der Waals surface area (Å²) in [6.45, 7) is 7.67. The number of rotatable bonds is 6. The third-order valence-electron chi connectivity index (χ3n) is 6.86. The molecule has 2 fully saturated rings. The van der Waals surface area contributed by atoms with E-state index in [0.717, 1.165) is 44.1 Å². The second-order valence-electron chi connectivity index (χ2n) is 10.6. The van der Waals surface area contributed by atoms with Gasteiger partial charge in [-0.2, -0.15) is 5.26 Å². The Balaban J connectivity index is 1.79. The molecule has 1 saturated heterocycles. The minimum absolute atomic E-state index is 0.0653. The fourth-order valence-corrected chi connectivity index (χ4v) is 5.28. The standard InChI is InChI=1S/C26H37N5O4/c1-18(30-24(34)35-25(2,3)4)22(32)31-14-8-13-26(31,20-9-6-5-7-10-20)23(33)29-17-19-11-12-21(15-27)28-16-19/h11-12,16,18,20H,5-10,13-14,17H2,1-4H3,(H,29,33)(H,30,34)/t18-,26+/m0/s1. The predicted octanol–water partition coefficient (Wildman–Crippen LogP) is 3.42.